The van der Waals surface area contributed by atoms with Gasteiger partial charge in [0.2, 0.25) is 11.8 Å². The number of imide groups is 1. The third-order valence-corrected chi connectivity index (χ3v) is 4.53. The van der Waals surface area contributed by atoms with Gasteiger partial charge in [0.05, 0.1) is 18.3 Å². The molecule has 1 unspecified atom stereocenters. The molecule has 2 saturated heterocycles. The summed E-state index contributed by atoms with van der Waals surface area (Å²) in [7, 11) is 0. The van der Waals surface area contributed by atoms with Crippen molar-refractivity contribution >= 4 is 17.8 Å². The maximum atomic E-state index is 12.4. The molecule has 2 fully saturated rings. The molecule has 2 aliphatic rings. The zero-order valence-electron chi connectivity index (χ0n) is 13.3. The van der Waals surface area contributed by atoms with Gasteiger partial charge < -0.3 is 14.7 Å². The molecule has 0 aliphatic carbocycles. The van der Waals surface area contributed by atoms with E-state index in [2.05, 4.69) is 10.5 Å². The molecule has 0 spiro atoms. The number of hydrogen-bond donors (Lipinski definition) is 1. The van der Waals surface area contributed by atoms with Crippen molar-refractivity contribution in [3.05, 3.63) is 17.0 Å². The van der Waals surface area contributed by atoms with Crippen LogP contribution in [0.3, 0.4) is 0 Å². The van der Waals surface area contributed by atoms with Gasteiger partial charge in [-0.05, 0) is 26.7 Å². The highest BCUT2D eigenvalue weighted by Gasteiger charge is 2.39. The van der Waals surface area contributed by atoms with Crippen LogP contribution >= 0.6 is 0 Å². The zero-order valence-corrected chi connectivity index (χ0v) is 13.3. The summed E-state index contributed by atoms with van der Waals surface area (Å²) in [6.45, 7) is 4.74. The number of amides is 4. The number of rotatable bonds is 4. The predicted octanol–water partition coefficient (Wildman–Crippen LogP) is 0.377. The fraction of sp³-hybridized carbons (Fsp3) is 0.600. The molecule has 124 valence electrons. The average Bonchev–Trinajstić information content (AvgIpc) is 3.19. The van der Waals surface area contributed by atoms with Gasteiger partial charge in [-0.25, -0.2) is 4.79 Å². The van der Waals surface area contributed by atoms with E-state index in [1.807, 2.05) is 13.8 Å². The van der Waals surface area contributed by atoms with Crippen molar-refractivity contribution in [3.8, 4) is 0 Å². The highest BCUT2D eigenvalue weighted by Crippen LogP contribution is 2.20. The van der Waals surface area contributed by atoms with Gasteiger partial charge in [-0.1, -0.05) is 5.16 Å². The van der Waals surface area contributed by atoms with Gasteiger partial charge in [0, 0.05) is 25.1 Å². The van der Waals surface area contributed by atoms with E-state index >= 15 is 0 Å². The standard InChI is InChI=1S/C15H20N4O4/c1-9-12(10(2)23-17-9)3-4-13(20)18-6-5-11(8-18)19-14(21)7-16-15(19)22/h11H,3-8H2,1-2H3,(H,16,22). The molecule has 0 bridgehead atoms. The Morgan fingerprint density at radius 2 is 2.17 bits per heavy atom. The number of carbonyl (C=O) groups is 3. The van der Waals surface area contributed by atoms with Gasteiger partial charge >= 0.3 is 6.03 Å². The van der Waals surface area contributed by atoms with Crippen molar-refractivity contribution < 1.29 is 18.9 Å². The first-order chi connectivity index (χ1) is 11.0. The molecule has 3 heterocycles. The quantitative estimate of drug-likeness (QED) is 0.809. The summed E-state index contributed by atoms with van der Waals surface area (Å²) in [5, 5.41) is 6.40. The van der Waals surface area contributed by atoms with Crippen LogP contribution in [0.15, 0.2) is 4.52 Å². The van der Waals surface area contributed by atoms with Crippen molar-refractivity contribution in [2.24, 2.45) is 0 Å². The van der Waals surface area contributed by atoms with Crippen molar-refractivity contribution in [2.75, 3.05) is 19.6 Å². The Balaban J connectivity index is 1.55. The molecule has 3 rings (SSSR count). The zero-order chi connectivity index (χ0) is 16.6. The molecule has 8 nitrogen and oxygen atoms in total. The molecule has 2 aliphatic heterocycles. The van der Waals surface area contributed by atoms with E-state index in [-0.39, 0.29) is 30.4 Å². The highest BCUT2D eigenvalue weighted by molar-refractivity contribution is 6.02. The summed E-state index contributed by atoms with van der Waals surface area (Å²) in [5.74, 6) is 0.554. The molecule has 4 amide bonds. The number of carbonyl (C=O) groups excluding carboxylic acids is 3. The SMILES string of the molecule is Cc1noc(C)c1CCC(=O)N1CCC(N2C(=O)CNC2=O)C1. The Labute approximate surface area is 133 Å². The van der Waals surface area contributed by atoms with Gasteiger partial charge in [0.1, 0.15) is 5.76 Å². The molecule has 1 aromatic rings. The van der Waals surface area contributed by atoms with Crippen molar-refractivity contribution in [1.82, 2.24) is 20.3 Å². The van der Waals surface area contributed by atoms with E-state index in [1.165, 1.54) is 4.90 Å². The third kappa shape index (κ3) is 2.93. The van der Waals surface area contributed by atoms with Crippen LogP contribution < -0.4 is 5.32 Å². The smallest absolute Gasteiger partial charge is 0.324 e. The molecule has 1 aromatic heterocycles. The third-order valence-electron chi connectivity index (χ3n) is 4.53. The van der Waals surface area contributed by atoms with E-state index < -0.39 is 0 Å². The molecule has 1 atom stereocenters. The topological polar surface area (TPSA) is 95.8 Å². The van der Waals surface area contributed by atoms with Crippen LogP contribution in [-0.4, -0.2) is 58.5 Å². The highest BCUT2D eigenvalue weighted by atomic mass is 16.5. The van der Waals surface area contributed by atoms with Crippen molar-refractivity contribution in [1.29, 1.82) is 0 Å². The minimum Gasteiger partial charge on any atom is -0.361 e. The predicted molar refractivity (Wildman–Crippen MR) is 79.5 cm³/mol. The van der Waals surface area contributed by atoms with Crippen LogP contribution in [0.25, 0.3) is 0 Å². The minimum atomic E-state index is -0.356. The van der Waals surface area contributed by atoms with Crippen LogP contribution in [-0.2, 0) is 16.0 Å². The lowest BCUT2D eigenvalue weighted by Gasteiger charge is -2.21. The van der Waals surface area contributed by atoms with E-state index in [1.54, 1.807) is 4.90 Å². The molecule has 8 heteroatoms. The summed E-state index contributed by atoms with van der Waals surface area (Å²) in [6, 6.07) is -0.571. The number of urea groups is 1. The lowest BCUT2D eigenvalue weighted by Crippen LogP contribution is -2.42. The van der Waals surface area contributed by atoms with E-state index in [0.29, 0.717) is 32.4 Å². The second-order valence-electron chi connectivity index (χ2n) is 6.01. The second-order valence-corrected chi connectivity index (χ2v) is 6.01. The molecule has 0 radical (unpaired) electrons. The largest absolute Gasteiger partial charge is 0.361 e. The number of aromatic nitrogens is 1. The molecular formula is C15H20N4O4. The van der Waals surface area contributed by atoms with E-state index in [9.17, 15) is 14.4 Å². The van der Waals surface area contributed by atoms with E-state index in [0.717, 1.165) is 17.0 Å². The Bertz CT molecular complexity index is 618. The number of likely N-dealkylation sites (tertiary alicyclic amines) is 1. The summed E-state index contributed by atoms with van der Waals surface area (Å²) in [4.78, 5) is 38.7. The number of nitrogens with one attached hydrogen (secondary N) is 1. The van der Waals surface area contributed by atoms with Crippen molar-refractivity contribution in [2.45, 2.75) is 39.2 Å². The molecule has 23 heavy (non-hydrogen) atoms. The first-order valence-electron chi connectivity index (χ1n) is 7.76. The van der Waals surface area contributed by atoms with Crippen molar-refractivity contribution in [3.63, 3.8) is 0 Å². The molecule has 1 N–H and O–H groups in total. The number of aryl methyl sites for hydroxylation is 2. The number of hydrogen-bond acceptors (Lipinski definition) is 5. The fourth-order valence-electron chi connectivity index (χ4n) is 3.23. The maximum absolute atomic E-state index is 12.4. The van der Waals surface area contributed by atoms with E-state index in [4.69, 9.17) is 4.52 Å². The first kappa shape index (κ1) is 15.5. The summed E-state index contributed by atoms with van der Waals surface area (Å²) < 4.78 is 5.10. The van der Waals surface area contributed by atoms with Crippen LogP contribution in [0.1, 0.15) is 29.9 Å². The Hall–Kier alpha value is -2.38. The maximum Gasteiger partial charge on any atom is 0.324 e. The van der Waals surface area contributed by atoms with Gasteiger partial charge in [0.25, 0.3) is 0 Å². The van der Waals surface area contributed by atoms with Crippen LogP contribution in [0.2, 0.25) is 0 Å². The Morgan fingerprint density at radius 1 is 1.39 bits per heavy atom. The van der Waals surface area contributed by atoms with Gasteiger partial charge in [-0.3, -0.25) is 14.5 Å². The average molecular weight is 320 g/mol. The summed E-state index contributed by atoms with van der Waals surface area (Å²) in [6.07, 6.45) is 1.59. The van der Waals surface area contributed by atoms with Gasteiger partial charge in [-0.15, -0.1) is 0 Å². The molecule has 0 aromatic carbocycles. The molecular weight excluding hydrogens is 300 g/mol. The normalized spacial score (nSPS) is 21.2. The Kier molecular flexibility index (Phi) is 4.06. The van der Waals surface area contributed by atoms with Gasteiger partial charge in [-0.2, -0.15) is 0 Å². The lowest BCUT2D eigenvalue weighted by molar-refractivity contribution is -0.131. The van der Waals surface area contributed by atoms with Crippen LogP contribution in [0, 0.1) is 13.8 Å². The van der Waals surface area contributed by atoms with Crippen LogP contribution in [0.5, 0.6) is 0 Å². The summed E-state index contributed by atoms with van der Waals surface area (Å²) >= 11 is 0. The lowest BCUT2D eigenvalue weighted by atomic mass is 10.1. The fourth-order valence-corrected chi connectivity index (χ4v) is 3.23. The first-order valence-corrected chi connectivity index (χ1v) is 7.76. The summed E-state index contributed by atoms with van der Waals surface area (Å²) in [5.41, 5.74) is 1.79. The second kappa shape index (κ2) is 6.02. The Morgan fingerprint density at radius 3 is 2.78 bits per heavy atom. The monoisotopic (exact) mass is 320 g/mol. The minimum absolute atomic E-state index is 0.0274. The van der Waals surface area contributed by atoms with Gasteiger partial charge in [0.15, 0.2) is 0 Å². The molecule has 0 saturated carbocycles. The van der Waals surface area contributed by atoms with Crippen LogP contribution in [0.4, 0.5) is 4.79 Å². The number of nitrogens with zero attached hydrogens (tertiary/aromatic N) is 3.